The Hall–Kier alpha value is -2.11. The van der Waals surface area contributed by atoms with E-state index in [-0.39, 0.29) is 23.8 Å². The lowest BCUT2D eigenvalue weighted by molar-refractivity contribution is -0.124. The maximum atomic E-state index is 12.6. The number of amides is 2. The molecule has 1 aromatic heterocycles. The van der Waals surface area contributed by atoms with Gasteiger partial charge in [-0.05, 0) is 18.9 Å². The minimum atomic E-state index is -0.0901. The predicted molar refractivity (Wildman–Crippen MR) is 76.0 cm³/mol. The lowest BCUT2D eigenvalue weighted by atomic mass is 9.99. The lowest BCUT2D eigenvalue weighted by Gasteiger charge is -2.27. The van der Waals surface area contributed by atoms with Crippen molar-refractivity contribution in [3.05, 3.63) is 23.9 Å². The zero-order valence-corrected chi connectivity index (χ0v) is 12.0. The van der Waals surface area contributed by atoms with Gasteiger partial charge in [0, 0.05) is 31.4 Å². The molecule has 3 heterocycles. The Morgan fingerprint density at radius 1 is 1.38 bits per heavy atom. The summed E-state index contributed by atoms with van der Waals surface area (Å²) in [5.74, 6) is 0.406. The van der Waals surface area contributed by atoms with E-state index in [1.807, 2.05) is 0 Å². The number of pyridine rings is 1. The van der Waals surface area contributed by atoms with Crippen molar-refractivity contribution in [3.8, 4) is 5.88 Å². The van der Waals surface area contributed by atoms with E-state index in [0.29, 0.717) is 24.5 Å². The van der Waals surface area contributed by atoms with E-state index < -0.39 is 0 Å². The largest absolute Gasteiger partial charge is 0.481 e. The number of aromatic nitrogens is 1. The molecule has 6 heteroatoms. The van der Waals surface area contributed by atoms with E-state index in [4.69, 9.17) is 4.74 Å². The van der Waals surface area contributed by atoms with Gasteiger partial charge in [0.1, 0.15) is 0 Å². The van der Waals surface area contributed by atoms with E-state index in [2.05, 4.69) is 10.3 Å². The normalized spacial score (nSPS) is 25.0. The second-order valence-corrected chi connectivity index (χ2v) is 5.63. The summed E-state index contributed by atoms with van der Waals surface area (Å²) in [6, 6.07) is 3.46. The molecule has 2 fully saturated rings. The van der Waals surface area contributed by atoms with Crippen LogP contribution in [0.15, 0.2) is 18.3 Å². The number of ether oxygens (including phenoxy) is 1. The summed E-state index contributed by atoms with van der Waals surface area (Å²) in [4.78, 5) is 30.4. The first-order valence-electron chi connectivity index (χ1n) is 7.27. The summed E-state index contributed by atoms with van der Waals surface area (Å²) in [6.45, 7) is 1.07. The SMILES string of the molecule is COc1ccc(C(=O)N2C[C@@H]3CCC[C@H](C2)C(=O)N3)cn1. The number of hydrogen-bond acceptors (Lipinski definition) is 4. The van der Waals surface area contributed by atoms with Crippen molar-refractivity contribution in [2.24, 2.45) is 5.92 Å². The lowest BCUT2D eigenvalue weighted by Crippen LogP contribution is -2.41. The van der Waals surface area contributed by atoms with Crippen molar-refractivity contribution in [3.63, 3.8) is 0 Å². The number of nitrogens with zero attached hydrogens (tertiary/aromatic N) is 2. The van der Waals surface area contributed by atoms with Crippen molar-refractivity contribution < 1.29 is 14.3 Å². The Morgan fingerprint density at radius 3 is 2.95 bits per heavy atom. The number of rotatable bonds is 2. The molecule has 1 N–H and O–H groups in total. The minimum absolute atomic E-state index is 0.0696. The van der Waals surface area contributed by atoms with Gasteiger partial charge in [-0.2, -0.15) is 0 Å². The van der Waals surface area contributed by atoms with Crippen LogP contribution in [-0.4, -0.2) is 47.9 Å². The fraction of sp³-hybridized carbons (Fsp3) is 0.533. The molecule has 0 unspecified atom stereocenters. The molecule has 2 saturated heterocycles. The Kier molecular flexibility index (Phi) is 3.77. The molecule has 0 aromatic carbocycles. The number of methoxy groups -OCH3 is 1. The van der Waals surface area contributed by atoms with Crippen LogP contribution in [0.5, 0.6) is 5.88 Å². The molecule has 21 heavy (non-hydrogen) atoms. The minimum Gasteiger partial charge on any atom is -0.481 e. The smallest absolute Gasteiger partial charge is 0.255 e. The number of carbonyl (C=O) groups is 2. The van der Waals surface area contributed by atoms with Crippen LogP contribution in [-0.2, 0) is 4.79 Å². The van der Waals surface area contributed by atoms with Gasteiger partial charge in [0.25, 0.3) is 5.91 Å². The summed E-state index contributed by atoms with van der Waals surface area (Å²) >= 11 is 0. The van der Waals surface area contributed by atoms with Crippen LogP contribution in [0.1, 0.15) is 29.6 Å². The number of fused-ring (bicyclic) bond motifs is 3. The molecule has 0 spiro atoms. The standard InChI is InChI=1S/C15H19N3O3/c1-21-13-6-5-10(7-16-13)15(20)18-8-11-3-2-4-12(9-18)17-14(11)19/h5-7,11-12H,2-4,8-9H2,1H3,(H,17,19)/t11-,12+/m1/s1. The molecule has 2 bridgehead atoms. The van der Waals surface area contributed by atoms with Crippen LogP contribution in [0.2, 0.25) is 0 Å². The van der Waals surface area contributed by atoms with Gasteiger partial charge < -0.3 is 15.0 Å². The Morgan fingerprint density at radius 2 is 2.24 bits per heavy atom. The molecule has 0 aliphatic carbocycles. The number of nitrogens with one attached hydrogen (secondary N) is 1. The zero-order valence-electron chi connectivity index (χ0n) is 12.0. The van der Waals surface area contributed by atoms with Gasteiger partial charge in [0.15, 0.2) is 0 Å². The summed E-state index contributed by atoms with van der Waals surface area (Å²) < 4.78 is 5.00. The average molecular weight is 289 g/mol. The molecule has 2 aliphatic rings. The van der Waals surface area contributed by atoms with Crippen LogP contribution in [0, 0.1) is 5.92 Å². The van der Waals surface area contributed by atoms with E-state index >= 15 is 0 Å². The molecule has 2 amide bonds. The first-order chi connectivity index (χ1) is 10.2. The van der Waals surface area contributed by atoms with E-state index in [1.165, 1.54) is 13.3 Å². The number of likely N-dealkylation sites (tertiary alicyclic amines) is 1. The van der Waals surface area contributed by atoms with Crippen LogP contribution in [0.4, 0.5) is 0 Å². The fourth-order valence-electron chi connectivity index (χ4n) is 3.03. The molecule has 2 aliphatic heterocycles. The number of carbonyl (C=O) groups excluding carboxylic acids is 2. The molecule has 2 atom stereocenters. The van der Waals surface area contributed by atoms with Gasteiger partial charge in [-0.3, -0.25) is 9.59 Å². The van der Waals surface area contributed by atoms with E-state index in [9.17, 15) is 9.59 Å². The first-order valence-corrected chi connectivity index (χ1v) is 7.27. The molecular formula is C15H19N3O3. The van der Waals surface area contributed by atoms with Crippen LogP contribution in [0.3, 0.4) is 0 Å². The van der Waals surface area contributed by atoms with Crippen molar-refractivity contribution >= 4 is 11.8 Å². The third-order valence-corrected chi connectivity index (χ3v) is 4.18. The summed E-state index contributed by atoms with van der Waals surface area (Å²) in [5.41, 5.74) is 0.531. The first kappa shape index (κ1) is 13.9. The Bertz CT molecular complexity index is 544. The van der Waals surface area contributed by atoms with Gasteiger partial charge in [0.2, 0.25) is 11.8 Å². The highest BCUT2D eigenvalue weighted by Gasteiger charge is 2.34. The second-order valence-electron chi connectivity index (χ2n) is 5.63. The summed E-state index contributed by atoms with van der Waals surface area (Å²) in [7, 11) is 1.54. The van der Waals surface area contributed by atoms with Crippen molar-refractivity contribution in [2.45, 2.75) is 25.3 Å². The third-order valence-electron chi connectivity index (χ3n) is 4.18. The van der Waals surface area contributed by atoms with Crippen LogP contribution >= 0.6 is 0 Å². The highest BCUT2D eigenvalue weighted by molar-refractivity contribution is 5.94. The molecule has 0 saturated carbocycles. The summed E-state index contributed by atoms with van der Waals surface area (Å²) in [6.07, 6.45) is 4.36. The van der Waals surface area contributed by atoms with Crippen molar-refractivity contribution in [1.29, 1.82) is 0 Å². The maximum Gasteiger partial charge on any atom is 0.255 e. The zero-order chi connectivity index (χ0) is 14.8. The van der Waals surface area contributed by atoms with Gasteiger partial charge in [-0.1, -0.05) is 6.42 Å². The number of hydrogen-bond donors (Lipinski definition) is 1. The molecule has 1 aromatic rings. The second kappa shape index (κ2) is 5.71. The highest BCUT2D eigenvalue weighted by atomic mass is 16.5. The van der Waals surface area contributed by atoms with Gasteiger partial charge in [-0.25, -0.2) is 4.98 Å². The van der Waals surface area contributed by atoms with E-state index in [1.54, 1.807) is 17.0 Å². The van der Waals surface area contributed by atoms with Gasteiger partial charge >= 0.3 is 0 Å². The third kappa shape index (κ3) is 2.84. The van der Waals surface area contributed by atoms with E-state index in [0.717, 1.165) is 19.3 Å². The average Bonchev–Trinajstić information content (AvgIpc) is 2.75. The van der Waals surface area contributed by atoms with Crippen molar-refractivity contribution in [2.75, 3.05) is 20.2 Å². The maximum absolute atomic E-state index is 12.6. The molecule has 0 radical (unpaired) electrons. The Balaban J connectivity index is 1.79. The molecular weight excluding hydrogens is 270 g/mol. The van der Waals surface area contributed by atoms with Gasteiger partial charge in [-0.15, -0.1) is 0 Å². The van der Waals surface area contributed by atoms with Gasteiger partial charge in [0.05, 0.1) is 18.6 Å². The molecule has 112 valence electrons. The highest BCUT2D eigenvalue weighted by Crippen LogP contribution is 2.23. The quantitative estimate of drug-likeness (QED) is 0.875. The summed E-state index contributed by atoms with van der Waals surface area (Å²) in [5, 5.41) is 3.03. The fourth-order valence-corrected chi connectivity index (χ4v) is 3.03. The molecule has 3 rings (SSSR count). The monoisotopic (exact) mass is 289 g/mol. The van der Waals surface area contributed by atoms with Crippen LogP contribution in [0.25, 0.3) is 0 Å². The van der Waals surface area contributed by atoms with Crippen molar-refractivity contribution in [1.82, 2.24) is 15.2 Å². The Labute approximate surface area is 123 Å². The predicted octanol–water partition coefficient (Wildman–Crippen LogP) is 0.831. The molecule has 6 nitrogen and oxygen atoms in total. The van der Waals surface area contributed by atoms with Crippen LogP contribution < -0.4 is 10.1 Å². The topological polar surface area (TPSA) is 71.5 Å².